The molecule has 100 valence electrons. The van der Waals surface area contributed by atoms with Crippen LogP contribution in [0.15, 0.2) is 24.3 Å². The number of nitrogens with zero attached hydrogens (tertiary/aromatic N) is 2. The zero-order valence-electron chi connectivity index (χ0n) is 9.64. The maximum atomic E-state index is 12.0. The molecule has 1 amide bonds. The number of rotatable bonds is 5. The lowest BCUT2D eigenvalue weighted by molar-refractivity contribution is 0.0819. The van der Waals surface area contributed by atoms with Gasteiger partial charge in [-0.25, -0.2) is 8.78 Å². The largest absolute Gasteiger partial charge is 0.488 e. The second-order valence-electron chi connectivity index (χ2n) is 3.61. The van der Waals surface area contributed by atoms with Crippen LogP contribution in [0, 0.1) is 0 Å². The molecule has 0 radical (unpaired) electrons. The molecule has 3 N–H and O–H groups in total. The van der Waals surface area contributed by atoms with E-state index < -0.39 is 18.9 Å². The van der Waals surface area contributed by atoms with Gasteiger partial charge in [0.05, 0.1) is 0 Å². The number of carbonyl (C=O) groups is 1. The van der Waals surface area contributed by atoms with Gasteiger partial charge in [-0.3, -0.25) is 4.79 Å². The number of ether oxygens (including phenoxy) is 1. The summed E-state index contributed by atoms with van der Waals surface area (Å²) in [6.45, 7) is -0.671. The fraction of sp³-hybridized carbons (Fsp3) is 0.182. The van der Waals surface area contributed by atoms with E-state index in [0.717, 1.165) is 0 Å². The highest BCUT2D eigenvalue weighted by Crippen LogP contribution is 2.22. The van der Waals surface area contributed by atoms with Crippen LogP contribution in [-0.4, -0.2) is 34.4 Å². The second-order valence-corrected chi connectivity index (χ2v) is 3.61. The molecule has 0 spiro atoms. The minimum atomic E-state index is -2.53. The number of nitrogens with two attached hydrogens (primary N) is 1. The third kappa shape index (κ3) is 3.03. The van der Waals surface area contributed by atoms with E-state index in [4.69, 9.17) is 10.5 Å². The Labute approximate surface area is 106 Å². The summed E-state index contributed by atoms with van der Waals surface area (Å²) >= 11 is 0. The number of amides is 1. The van der Waals surface area contributed by atoms with E-state index in [-0.39, 0.29) is 5.69 Å². The van der Waals surface area contributed by atoms with Crippen molar-refractivity contribution in [2.24, 2.45) is 5.73 Å². The van der Waals surface area contributed by atoms with E-state index in [1.807, 2.05) is 0 Å². The van der Waals surface area contributed by atoms with Crippen molar-refractivity contribution in [1.82, 2.24) is 15.4 Å². The van der Waals surface area contributed by atoms with Crippen LogP contribution < -0.4 is 10.5 Å². The van der Waals surface area contributed by atoms with E-state index in [2.05, 4.69) is 15.4 Å². The topological polar surface area (TPSA) is 93.9 Å². The van der Waals surface area contributed by atoms with Gasteiger partial charge >= 0.3 is 0 Å². The first-order valence-electron chi connectivity index (χ1n) is 5.30. The van der Waals surface area contributed by atoms with Crippen LogP contribution in [0.4, 0.5) is 8.78 Å². The predicted molar refractivity (Wildman–Crippen MR) is 61.8 cm³/mol. The van der Waals surface area contributed by atoms with E-state index in [9.17, 15) is 13.6 Å². The molecule has 1 aromatic carbocycles. The molecular formula is C11H10F2N4O2. The Hall–Kier alpha value is -2.51. The van der Waals surface area contributed by atoms with Crippen LogP contribution in [0.2, 0.25) is 0 Å². The Morgan fingerprint density at radius 1 is 1.32 bits per heavy atom. The van der Waals surface area contributed by atoms with Gasteiger partial charge in [0.25, 0.3) is 12.3 Å². The number of aromatic amines is 1. The van der Waals surface area contributed by atoms with Gasteiger partial charge in [0, 0.05) is 5.56 Å². The Morgan fingerprint density at radius 3 is 2.58 bits per heavy atom. The van der Waals surface area contributed by atoms with E-state index in [1.54, 1.807) is 12.1 Å². The summed E-state index contributed by atoms with van der Waals surface area (Å²) in [7, 11) is 0. The zero-order chi connectivity index (χ0) is 13.8. The van der Waals surface area contributed by atoms with Crippen LogP contribution >= 0.6 is 0 Å². The highest BCUT2D eigenvalue weighted by Gasteiger charge is 2.15. The van der Waals surface area contributed by atoms with Gasteiger partial charge in [-0.1, -0.05) is 0 Å². The molecule has 0 aliphatic carbocycles. The Balaban J connectivity index is 2.18. The van der Waals surface area contributed by atoms with Gasteiger partial charge in [-0.2, -0.15) is 15.4 Å². The fourth-order valence-corrected chi connectivity index (χ4v) is 1.47. The molecule has 0 saturated heterocycles. The van der Waals surface area contributed by atoms with Gasteiger partial charge in [-0.15, -0.1) is 0 Å². The maximum absolute atomic E-state index is 12.0. The van der Waals surface area contributed by atoms with Crippen molar-refractivity contribution in [2.75, 3.05) is 6.61 Å². The molecule has 0 aliphatic rings. The quantitative estimate of drug-likeness (QED) is 0.852. The van der Waals surface area contributed by atoms with Crippen molar-refractivity contribution in [2.45, 2.75) is 6.43 Å². The number of primary amides is 1. The third-order valence-electron chi connectivity index (χ3n) is 2.29. The number of halogens is 2. The van der Waals surface area contributed by atoms with Crippen molar-refractivity contribution in [3.63, 3.8) is 0 Å². The van der Waals surface area contributed by atoms with Gasteiger partial charge in [0.15, 0.2) is 5.69 Å². The van der Waals surface area contributed by atoms with Crippen molar-refractivity contribution in [3.05, 3.63) is 30.0 Å². The summed E-state index contributed by atoms with van der Waals surface area (Å²) in [5.74, 6) is -0.407. The van der Waals surface area contributed by atoms with Crippen molar-refractivity contribution >= 4 is 5.91 Å². The van der Waals surface area contributed by atoms with E-state index in [0.29, 0.717) is 17.0 Å². The lowest BCUT2D eigenvalue weighted by Crippen LogP contribution is -2.12. The first kappa shape index (κ1) is 12.9. The minimum Gasteiger partial charge on any atom is -0.488 e. The zero-order valence-corrected chi connectivity index (χ0v) is 9.64. The average Bonchev–Trinajstić information content (AvgIpc) is 2.86. The summed E-state index contributed by atoms with van der Waals surface area (Å²) in [6.07, 6.45) is -2.53. The second kappa shape index (κ2) is 5.42. The van der Waals surface area contributed by atoms with Crippen LogP contribution in [0.3, 0.4) is 0 Å². The SMILES string of the molecule is NC(=O)c1n[nH]nc1-c1ccc(OCC(F)F)cc1. The maximum Gasteiger partial charge on any atom is 0.272 e. The molecule has 0 bridgehead atoms. The fourth-order valence-electron chi connectivity index (χ4n) is 1.47. The Bertz CT molecular complexity index is 568. The first-order chi connectivity index (χ1) is 9.08. The number of nitrogens with one attached hydrogen (secondary N) is 1. The van der Waals surface area contributed by atoms with E-state index >= 15 is 0 Å². The molecular weight excluding hydrogens is 258 g/mol. The predicted octanol–water partition coefficient (Wildman–Crippen LogP) is 1.21. The summed E-state index contributed by atoms with van der Waals surface area (Å²) in [5.41, 5.74) is 6.03. The molecule has 1 heterocycles. The first-order valence-corrected chi connectivity index (χ1v) is 5.30. The van der Waals surface area contributed by atoms with Crippen LogP contribution in [0.1, 0.15) is 10.5 Å². The molecule has 6 nitrogen and oxygen atoms in total. The van der Waals surface area contributed by atoms with Gasteiger partial charge in [0.1, 0.15) is 18.1 Å². The van der Waals surface area contributed by atoms with Gasteiger partial charge in [0.2, 0.25) is 0 Å². The van der Waals surface area contributed by atoms with Crippen molar-refractivity contribution < 1.29 is 18.3 Å². The number of aromatic nitrogens is 3. The monoisotopic (exact) mass is 268 g/mol. The molecule has 2 aromatic rings. The highest BCUT2D eigenvalue weighted by atomic mass is 19.3. The molecule has 0 aliphatic heterocycles. The molecule has 0 fully saturated rings. The third-order valence-corrected chi connectivity index (χ3v) is 2.29. The summed E-state index contributed by atoms with van der Waals surface area (Å²) < 4.78 is 28.8. The number of H-pyrrole nitrogens is 1. The van der Waals surface area contributed by atoms with Crippen molar-refractivity contribution in [3.8, 4) is 17.0 Å². The van der Waals surface area contributed by atoms with E-state index in [1.165, 1.54) is 12.1 Å². The summed E-state index contributed by atoms with van der Waals surface area (Å²) in [6, 6.07) is 6.14. The normalized spacial score (nSPS) is 10.7. The number of hydrogen-bond acceptors (Lipinski definition) is 4. The summed E-state index contributed by atoms with van der Waals surface area (Å²) in [5, 5.41) is 9.75. The molecule has 0 atom stereocenters. The number of benzene rings is 1. The highest BCUT2D eigenvalue weighted by molar-refractivity contribution is 5.96. The number of carbonyl (C=O) groups excluding carboxylic acids is 1. The molecule has 0 unspecified atom stereocenters. The average molecular weight is 268 g/mol. The smallest absolute Gasteiger partial charge is 0.272 e. The molecule has 1 aromatic heterocycles. The van der Waals surface area contributed by atoms with Gasteiger partial charge < -0.3 is 10.5 Å². The minimum absolute atomic E-state index is 0.0150. The van der Waals surface area contributed by atoms with Crippen molar-refractivity contribution in [1.29, 1.82) is 0 Å². The lowest BCUT2D eigenvalue weighted by atomic mass is 10.1. The Morgan fingerprint density at radius 2 is 2.00 bits per heavy atom. The molecule has 19 heavy (non-hydrogen) atoms. The summed E-state index contributed by atoms with van der Waals surface area (Å²) in [4.78, 5) is 11.1. The van der Waals surface area contributed by atoms with Crippen LogP contribution in [0.5, 0.6) is 5.75 Å². The molecule has 2 rings (SSSR count). The molecule has 0 saturated carbocycles. The lowest BCUT2D eigenvalue weighted by Gasteiger charge is -2.05. The van der Waals surface area contributed by atoms with Gasteiger partial charge in [-0.05, 0) is 24.3 Å². The van der Waals surface area contributed by atoms with Crippen LogP contribution in [-0.2, 0) is 0 Å². The number of hydrogen-bond donors (Lipinski definition) is 2. The number of alkyl halides is 2. The standard InChI is InChI=1S/C11H10F2N4O2/c12-8(13)5-19-7-3-1-6(2-4-7)9-10(11(14)18)16-17-15-9/h1-4,8H,5H2,(H2,14,18)(H,15,16,17). The Kier molecular flexibility index (Phi) is 3.69. The molecule has 8 heteroatoms. The van der Waals surface area contributed by atoms with Crippen LogP contribution in [0.25, 0.3) is 11.3 Å².